The molecule has 0 fully saturated rings. The van der Waals surface area contributed by atoms with Crippen LogP contribution >= 0.6 is 0 Å². The summed E-state index contributed by atoms with van der Waals surface area (Å²) in [5.74, 6) is 0.267. The van der Waals surface area contributed by atoms with Gasteiger partial charge in [0.2, 0.25) is 0 Å². The van der Waals surface area contributed by atoms with Crippen molar-refractivity contribution in [2.24, 2.45) is 0 Å². The summed E-state index contributed by atoms with van der Waals surface area (Å²) in [5, 5.41) is 3.60. The van der Waals surface area contributed by atoms with Crippen LogP contribution in [0.1, 0.15) is 32.4 Å². The second-order valence-corrected chi connectivity index (χ2v) is 5.08. The van der Waals surface area contributed by atoms with Gasteiger partial charge in [0.25, 0.3) is 10.8 Å². The Morgan fingerprint density at radius 2 is 1.93 bits per heavy atom. The highest BCUT2D eigenvalue weighted by Gasteiger charge is 2.18. The zero-order chi connectivity index (χ0) is 19.1. The number of hydrogen-bond acceptors (Lipinski definition) is 8. The van der Waals surface area contributed by atoms with E-state index in [0.717, 1.165) is 0 Å². The molecule has 2 aromatic heterocycles. The number of carbonyl (C=O) groups is 2. The van der Waals surface area contributed by atoms with Gasteiger partial charge >= 0.3 is 5.69 Å². The quantitative estimate of drug-likeness (QED) is 0.458. The number of carbonyl (C=O) groups excluding carboxylic acids is 2. The van der Waals surface area contributed by atoms with Gasteiger partial charge in [0.15, 0.2) is 11.5 Å². The molecule has 2 N–H and O–H groups in total. The highest BCUT2D eigenvalue weighted by Crippen LogP contribution is 2.12. The van der Waals surface area contributed by atoms with E-state index >= 15 is 0 Å². The van der Waals surface area contributed by atoms with Crippen LogP contribution in [0.25, 0.3) is 12.2 Å². The van der Waals surface area contributed by atoms with Crippen LogP contribution in [0.4, 0.5) is 5.69 Å². The van der Waals surface area contributed by atoms with Crippen molar-refractivity contribution in [3.63, 3.8) is 0 Å². The van der Waals surface area contributed by atoms with Crippen molar-refractivity contribution in [1.82, 2.24) is 16.2 Å². The molecule has 0 aliphatic rings. The predicted octanol–water partition coefficient (Wildman–Crippen LogP) is 2.44. The fraction of sp³-hybridized carbons (Fsp3) is 0. The molecule has 0 spiro atoms. The molecule has 10 nitrogen and oxygen atoms in total. The lowest BCUT2D eigenvalue weighted by molar-refractivity contribution is -0.766. The maximum absolute atomic E-state index is 11.9. The third-order valence-corrected chi connectivity index (χ3v) is 3.25. The van der Waals surface area contributed by atoms with Gasteiger partial charge in [0.1, 0.15) is 12.0 Å². The van der Waals surface area contributed by atoms with Crippen LogP contribution in [-0.2, 0) is 4.94 Å². The number of hydrogen-bond donors (Lipinski definition) is 2. The van der Waals surface area contributed by atoms with E-state index in [1.54, 1.807) is 24.3 Å². The lowest BCUT2D eigenvalue weighted by atomic mass is 10.2. The van der Waals surface area contributed by atoms with E-state index in [1.165, 1.54) is 36.6 Å². The number of rotatable bonds is 8. The fourth-order valence-corrected chi connectivity index (χ4v) is 1.93. The Morgan fingerprint density at radius 1 is 1.15 bits per heavy atom. The molecule has 27 heavy (non-hydrogen) atoms. The average Bonchev–Trinajstić information content (AvgIpc) is 3.38. The Hall–Kier alpha value is -4.05. The van der Waals surface area contributed by atoms with Crippen LogP contribution in [0.15, 0.2) is 57.7 Å². The Kier molecular flexibility index (Phi) is 5.50. The lowest BCUT2D eigenvalue weighted by Gasteiger charge is -1.98. The number of nitrogens with one attached hydrogen (secondary N) is 2. The first-order chi connectivity index (χ1) is 13.2. The van der Waals surface area contributed by atoms with Crippen molar-refractivity contribution in [3.05, 3.63) is 76.4 Å². The molecule has 0 unspecified atom stereocenters. The molecule has 0 bridgehead atoms. The van der Waals surface area contributed by atoms with Gasteiger partial charge in [-0.3, -0.25) is 9.59 Å². The smallest absolute Gasteiger partial charge is 0.319 e. The van der Waals surface area contributed by atoms with Crippen LogP contribution in [0.2, 0.25) is 0 Å². The van der Waals surface area contributed by atoms with Crippen molar-refractivity contribution < 1.29 is 28.4 Å². The molecule has 0 aliphatic heterocycles. The molecule has 0 aliphatic carbocycles. The highest BCUT2D eigenvalue weighted by atomic mass is 16.9. The largest absolute Gasteiger partial charge is 0.465 e. The predicted molar refractivity (Wildman–Crippen MR) is 90.9 cm³/mol. The minimum atomic E-state index is -0.680. The number of benzene rings is 1. The first-order valence-electron chi connectivity index (χ1n) is 7.59. The van der Waals surface area contributed by atoms with Crippen molar-refractivity contribution in [1.29, 1.82) is 0 Å². The standard InChI is InChI=1S/C17H12N4O6/c22-11-12-3-5-13(6-4-12)21(24)27-20-18-17(23)16-10-15(26-19-16)8-7-14-2-1-9-25-14/h1-11H,(H-,18,19,20,22,23,24)/p+1/b8-7-. The minimum absolute atomic E-state index is 0.0296. The summed E-state index contributed by atoms with van der Waals surface area (Å²) < 4.78 is 10.1. The van der Waals surface area contributed by atoms with E-state index < -0.39 is 5.91 Å². The molecule has 3 aromatic rings. The normalized spacial score (nSPS) is 10.7. The maximum atomic E-state index is 11.9. The van der Waals surface area contributed by atoms with Gasteiger partial charge in [-0.15, -0.1) is 0 Å². The molecule has 0 atom stereocenters. The SMILES string of the molecule is O=Cc1ccc([N+](=O)ONNC(=O)c2cc(/C=C\c3ccco3)on2)cc1. The summed E-state index contributed by atoms with van der Waals surface area (Å²) in [5.41, 5.74) is 4.64. The van der Waals surface area contributed by atoms with Gasteiger partial charge < -0.3 is 8.94 Å². The van der Waals surface area contributed by atoms with Crippen molar-refractivity contribution >= 4 is 30.0 Å². The number of amides is 1. The molecule has 0 radical (unpaired) electrons. The molecule has 136 valence electrons. The van der Waals surface area contributed by atoms with Crippen LogP contribution in [0.5, 0.6) is 0 Å². The molecule has 2 heterocycles. The average molecular weight is 369 g/mol. The third kappa shape index (κ3) is 4.74. The van der Waals surface area contributed by atoms with Gasteiger partial charge in [-0.1, -0.05) is 10.1 Å². The molecular weight excluding hydrogens is 356 g/mol. The van der Waals surface area contributed by atoms with E-state index in [-0.39, 0.29) is 16.3 Å². The van der Waals surface area contributed by atoms with Crippen LogP contribution in [-0.4, -0.2) is 22.3 Å². The van der Waals surface area contributed by atoms with Crippen molar-refractivity contribution in [2.45, 2.75) is 0 Å². The van der Waals surface area contributed by atoms with E-state index in [9.17, 15) is 14.5 Å². The number of nitrogens with zero attached hydrogens (tertiary/aromatic N) is 2. The van der Waals surface area contributed by atoms with Gasteiger partial charge in [-0.2, -0.15) is 0 Å². The Morgan fingerprint density at radius 3 is 2.63 bits per heavy atom. The minimum Gasteiger partial charge on any atom is -0.465 e. The summed E-state index contributed by atoms with van der Waals surface area (Å²) in [7, 11) is 0. The summed E-state index contributed by atoms with van der Waals surface area (Å²) in [6.45, 7) is 0. The summed E-state index contributed by atoms with van der Waals surface area (Å²) >= 11 is 0. The first kappa shape index (κ1) is 17.8. The van der Waals surface area contributed by atoms with Gasteiger partial charge in [-0.25, -0.2) is 5.43 Å². The van der Waals surface area contributed by atoms with Crippen LogP contribution in [0, 0.1) is 4.91 Å². The molecular formula is C17H13N4O6+. The topological polar surface area (TPSA) is 127 Å². The van der Waals surface area contributed by atoms with E-state index in [0.29, 0.717) is 23.4 Å². The van der Waals surface area contributed by atoms with Crippen molar-refractivity contribution in [2.75, 3.05) is 0 Å². The zero-order valence-electron chi connectivity index (χ0n) is 13.7. The van der Waals surface area contributed by atoms with E-state index in [2.05, 4.69) is 15.5 Å². The zero-order valence-corrected chi connectivity index (χ0v) is 13.7. The molecule has 3 rings (SSSR count). The van der Waals surface area contributed by atoms with Gasteiger partial charge in [0.05, 0.1) is 11.2 Å². The molecule has 0 saturated carbocycles. The number of aromatic nitrogens is 1. The second kappa shape index (κ2) is 8.36. The maximum Gasteiger partial charge on any atom is 0.319 e. The van der Waals surface area contributed by atoms with Crippen LogP contribution in [0.3, 0.4) is 0 Å². The Balaban J connectivity index is 1.49. The number of hydrazine groups is 1. The van der Waals surface area contributed by atoms with E-state index in [1.807, 2.05) is 5.59 Å². The third-order valence-electron chi connectivity index (χ3n) is 3.25. The fourth-order valence-electron chi connectivity index (χ4n) is 1.93. The molecule has 0 saturated heterocycles. The summed E-state index contributed by atoms with van der Waals surface area (Å²) in [6, 6.07) is 10.5. The molecule has 1 amide bonds. The number of aldehydes is 1. The highest BCUT2D eigenvalue weighted by molar-refractivity contribution is 5.92. The van der Waals surface area contributed by atoms with Gasteiger partial charge in [-0.05, 0) is 36.4 Å². The molecule has 10 heteroatoms. The van der Waals surface area contributed by atoms with Gasteiger partial charge in [0, 0.05) is 29.4 Å². The van der Waals surface area contributed by atoms with Crippen molar-refractivity contribution in [3.8, 4) is 0 Å². The lowest BCUT2D eigenvalue weighted by Crippen LogP contribution is -2.39. The summed E-state index contributed by atoms with van der Waals surface area (Å²) in [6.07, 6.45) is 5.40. The first-order valence-corrected chi connectivity index (χ1v) is 7.59. The summed E-state index contributed by atoms with van der Waals surface area (Å²) in [4.78, 5) is 38.9. The van der Waals surface area contributed by atoms with E-state index in [4.69, 9.17) is 8.94 Å². The Labute approximate surface area is 151 Å². The number of furan rings is 1. The second-order valence-electron chi connectivity index (χ2n) is 5.08. The monoisotopic (exact) mass is 369 g/mol. The van der Waals surface area contributed by atoms with Crippen LogP contribution < -0.4 is 11.0 Å². The molecule has 1 aromatic carbocycles. The Bertz CT molecular complexity index is 960.